The van der Waals surface area contributed by atoms with Crippen LogP contribution < -0.4 is 4.90 Å². The minimum atomic E-state index is -0.385. The van der Waals surface area contributed by atoms with Crippen LogP contribution in [0.25, 0.3) is 0 Å². The number of fused-ring (bicyclic) bond motifs is 1. The molecular weight excluding hydrogens is 372 g/mol. The highest BCUT2D eigenvalue weighted by Gasteiger charge is 2.40. The van der Waals surface area contributed by atoms with Crippen LogP contribution in [0.15, 0.2) is 24.4 Å². The van der Waals surface area contributed by atoms with Crippen molar-refractivity contribution in [1.29, 1.82) is 0 Å². The molecule has 29 heavy (non-hydrogen) atoms. The summed E-state index contributed by atoms with van der Waals surface area (Å²) in [5.74, 6) is -0.354. The average molecular weight is 398 g/mol. The summed E-state index contributed by atoms with van der Waals surface area (Å²) in [7, 11) is 0. The Labute approximate surface area is 169 Å². The van der Waals surface area contributed by atoms with Gasteiger partial charge in [-0.05, 0) is 57.7 Å². The molecule has 154 valence electrons. The summed E-state index contributed by atoms with van der Waals surface area (Å²) < 4.78 is 7.96. The fraction of sp³-hybridized carbons (Fsp3) is 0.524. The van der Waals surface area contributed by atoms with Gasteiger partial charge < -0.3 is 9.64 Å². The second-order valence-electron chi connectivity index (χ2n) is 8.10. The van der Waals surface area contributed by atoms with Crippen molar-refractivity contribution in [2.24, 2.45) is 5.92 Å². The van der Waals surface area contributed by atoms with Crippen molar-refractivity contribution in [3.05, 3.63) is 51.3 Å². The zero-order valence-corrected chi connectivity index (χ0v) is 17.0. The summed E-state index contributed by atoms with van der Waals surface area (Å²) in [4.78, 5) is 26.3. The second kappa shape index (κ2) is 7.59. The molecule has 3 heterocycles. The maximum Gasteiger partial charge on any atom is 0.274 e. The molecule has 1 fully saturated rings. The molecule has 8 nitrogen and oxygen atoms in total. The third-order valence-corrected chi connectivity index (χ3v) is 5.88. The van der Waals surface area contributed by atoms with Gasteiger partial charge in [-0.15, -0.1) is 0 Å². The van der Waals surface area contributed by atoms with Crippen molar-refractivity contribution >= 4 is 17.3 Å². The number of aromatic nitrogens is 2. The lowest BCUT2D eigenvalue weighted by Gasteiger charge is -2.34. The van der Waals surface area contributed by atoms with Gasteiger partial charge >= 0.3 is 0 Å². The number of nitro benzene ring substituents is 1. The third-order valence-electron chi connectivity index (χ3n) is 5.88. The van der Waals surface area contributed by atoms with Crippen molar-refractivity contribution < 1.29 is 14.5 Å². The molecule has 0 aliphatic carbocycles. The summed E-state index contributed by atoms with van der Waals surface area (Å²) in [5, 5.41) is 15.8. The van der Waals surface area contributed by atoms with Crippen LogP contribution in [0, 0.1) is 23.0 Å². The molecule has 0 spiro atoms. The molecule has 0 unspecified atom stereocenters. The van der Waals surface area contributed by atoms with E-state index in [0.717, 1.165) is 24.1 Å². The van der Waals surface area contributed by atoms with E-state index in [0.29, 0.717) is 30.8 Å². The Morgan fingerprint density at radius 1 is 1.38 bits per heavy atom. The lowest BCUT2D eigenvalue weighted by molar-refractivity contribution is -0.385. The number of rotatable bonds is 4. The van der Waals surface area contributed by atoms with Gasteiger partial charge in [0, 0.05) is 37.0 Å². The smallest absolute Gasteiger partial charge is 0.274 e. The predicted octanol–water partition coefficient (Wildman–Crippen LogP) is 3.74. The second-order valence-corrected chi connectivity index (χ2v) is 8.10. The van der Waals surface area contributed by atoms with E-state index in [-0.39, 0.29) is 34.6 Å². The minimum absolute atomic E-state index is 0.0249. The van der Waals surface area contributed by atoms with Crippen LogP contribution >= 0.6 is 0 Å². The van der Waals surface area contributed by atoms with Crippen molar-refractivity contribution in [1.82, 2.24) is 9.78 Å². The molecule has 8 heteroatoms. The van der Waals surface area contributed by atoms with Gasteiger partial charge in [-0.1, -0.05) is 0 Å². The van der Waals surface area contributed by atoms with E-state index in [4.69, 9.17) is 4.74 Å². The Balaban J connectivity index is 1.67. The van der Waals surface area contributed by atoms with Crippen molar-refractivity contribution in [3.63, 3.8) is 0 Å². The topological polar surface area (TPSA) is 90.5 Å². The first kappa shape index (κ1) is 19.6. The first-order valence-corrected chi connectivity index (χ1v) is 10.1. The van der Waals surface area contributed by atoms with Crippen LogP contribution in [0.5, 0.6) is 0 Å². The Morgan fingerprint density at radius 3 is 2.90 bits per heavy atom. The highest BCUT2D eigenvalue weighted by Crippen LogP contribution is 2.40. The Kier molecular flexibility index (Phi) is 5.12. The Bertz CT molecular complexity index is 952. The number of carbonyl (C=O) groups excluding carboxylic acids is 1. The van der Waals surface area contributed by atoms with E-state index in [1.165, 1.54) is 0 Å². The lowest BCUT2D eigenvalue weighted by Crippen LogP contribution is -2.40. The first-order chi connectivity index (χ1) is 13.9. The largest absolute Gasteiger partial charge is 0.371 e. The van der Waals surface area contributed by atoms with Crippen LogP contribution in [0.2, 0.25) is 0 Å². The molecule has 2 aliphatic heterocycles. The van der Waals surface area contributed by atoms with Crippen LogP contribution in [-0.2, 0) is 16.0 Å². The van der Waals surface area contributed by atoms with Gasteiger partial charge in [0.15, 0.2) is 0 Å². The molecular formula is C21H26N4O4. The van der Waals surface area contributed by atoms with Crippen molar-refractivity contribution in [2.45, 2.75) is 52.2 Å². The van der Waals surface area contributed by atoms with Gasteiger partial charge in [0.05, 0.1) is 22.2 Å². The van der Waals surface area contributed by atoms with E-state index < -0.39 is 0 Å². The van der Waals surface area contributed by atoms with Gasteiger partial charge in [-0.3, -0.25) is 19.6 Å². The first-order valence-electron chi connectivity index (χ1n) is 10.1. The Hall–Kier alpha value is -2.74. The van der Waals surface area contributed by atoms with Gasteiger partial charge in [0.25, 0.3) is 5.69 Å². The third kappa shape index (κ3) is 3.42. The maximum atomic E-state index is 13.6. The molecule has 1 amide bonds. The summed E-state index contributed by atoms with van der Waals surface area (Å²) in [6.07, 6.45) is 3.64. The standard InChI is InChI=1S/C21H26N4O4/c1-13(2)24-17(6-8-22-24)20-16(5-4-10-29-20)21(26)23-9-7-15-11-14(3)18(25(27)28)12-19(15)23/h6,8,11-13,16,20H,4-5,7,9-10H2,1-3H3/t16-,20-/m1/s1. The summed E-state index contributed by atoms with van der Waals surface area (Å²) in [6.45, 7) is 6.99. The number of ether oxygens (including phenoxy) is 1. The summed E-state index contributed by atoms with van der Waals surface area (Å²) in [5.41, 5.74) is 3.24. The number of hydrogen-bond acceptors (Lipinski definition) is 5. The van der Waals surface area contributed by atoms with E-state index in [9.17, 15) is 14.9 Å². The number of hydrogen-bond donors (Lipinski definition) is 0. The van der Waals surface area contributed by atoms with Gasteiger partial charge in [-0.25, -0.2) is 0 Å². The van der Waals surface area contributed by atoms with E-state index >= 15 is 0 Å². The van der Waals surface area contributed by atoms with E-state index in [1.54, 1.807) is 24.1 Å². The van der Waals surface area contributed by atoms with Gasteiger partial charge in [0.2, 0.25) is 5.91 Å². The number of carbonyl (C=O) groups is 1. The predicted molar refractivity (Wildman–Crippen MR) is 108 cm³/mol. The fourth-order valence-electron chi connectivity index (χ4n) is 4.48. The minimum Gasteiger partial charge on any atom is -0.371 e. The highest BCUT2D eigenvalue weighted by atomic mass is 16.6. The number of anilines is 1. The molecule has 1 aromatic carbocycles. The number of benzene rings is 1. The molecule has 0 saturated carbocycles. The van der Waals surface area contributed by atoms with Crippen LogP contribution in [-0.4, -0.2) is 33.8 Å². The van der Waals surface area contributed by atoms with Crippen LogP contribution in [0.3, 0.4) is 0 Å². The number of amides is 1. The normalized spacial score (nSPS) is 21.4. The fourth-order valence-corrected chi connectivity index (χ4v) is 4.48. The van der Waals surface area contributed by atoms with Crippen molar-refractivity contribution in [3.8, 4) is 0 Å². The molecule has 1 aromatic heterocycles. The summed E-state index contributed by atoms with van der Waals surface area (Å²) in [6, 6.07) is 5.47. The van der Waals surface area contributed by atoms with E-state index in [2.05, 4.69) is 5.10 Å². The molecule has 0 N–H and O–H groups in total. The summed E-state index contributed by atoms with van der Waals surface area (Å²) >= 11 is 0. The maximum absolute atomic E-state index is 13.6. The molecule has 1 saturated heterocycles. The number of nitro groups is 1. The Morgan fingerprint density at radius 2 is 2.17 bits per heavy atom. The molecule has 0 radical (unpaired) electrons. The molecule has 2 atom stereocenters. The van der Waals surface area contributed by atoms with E-state index in [1.807, 2.05) is 30.7 Å². The molecule has 4 rings (SSSR count). The molecule has 2 aromatic rings. The zero-order chi connectivity index (χ0) is 20.7. The zero-order valence-electron chi connectivity index (χ0n) is 17.0. The highest BCUT2D eigenvalue weighted by molar-refractivity contribution is 5.98. The monoisotopic (exact) mass is 398 g/mol. The average Bonchev–Trinajstić information content (AvgIpc) is 3.33. The van der Waals surface area contributed by atoms with Gasteiger partial charge in [0.1, 0.15) is 6.10 Å². The number of nitrogens with zero attached hydrogens (tertiary/aromatic N) is 4. The molecule has 0 bridgehead atoms. The quantitative estimate of drug-likeness (QED) is 0.578. The van der Waals surface area contributed by atoms with Gasteiger partial charge in [-0.2, -0.15) is 5.10 Å². The van der Waals surface area contributed by atoms with Crippen LogP contribution in [0.1, 0.15) is 55.7 Å². The SMILES string of the molecule is Cc1cc2c(cc1[N+](=O)[O-])N(C(=O)[C@@H]1CCCO[C@H]1c1ccnn1C(C)C)CC2. The number of aryl methyl sites for hydroxylation is 1. The molecule has 2 aliphatic rings. The lowest BCUT2D eigenvalue weighted by atomic mass is 9.90. The van der Waals surface area contributed by atoms with Crippen molar-refractivity contribution in [2.75, 3.05) is 18.1 Å². The van der Waals surface area contributed by atoms with Crippen LogP contribution in [0.4, 0.5) is 11.4 Å².